The number of aryl methyl sites for hydroxylation is 2. The van der Waals surface area contributed by atoms with Gasteiger partial charge in [0.15, 0.2) is 6.20 Å². The molecule has 24 heavy (non-hydrogen) atoms. The lowest BCUT2D eigenvalue weighted by Crippen LogP contribution is -2.30. The van der Waals surface area contributed by atoms with Crippen LogP contribution < -0.4 is 4.57 Å². The van der Waals surface area contributed by atoms with Gasteiger partial charge in [-0.25, -0.2) is 4.57 Å². The van der Waals surface area contributed by atoms with Crippen LogP contribution in [0, 0.1) is 6.92 Å². The quantitative estimate of drug-likeness (QED) is 0.446. The summed E-state index contributed by atoms with van der Waals surface area (Å²) in [6.45, 7) is 6.64. The topological polar surface area (TPSA) is 17.0 Å². The summed E-state index contributed by atoms with van der Waals surface area (Å²) < 4.78 is 7.83. The number of furan rings is 1. The van der Waals surface area contributed by atoms with E-state index in [-0.39, 0.29) is 0 Å². The van der Waals surface area contributed by atoms with Gasteiger partial charge in [0, 0.05) is 11.5 Å². The summed E-state index contributed by atoms with van der Waals surface area (Å²) in [6, 6.07) is 15.4. The monoisotopic (exact) mass is 316 g/mol. The standard InChI is InChI=1S/C22H22NO/c1-14(2)16-5-6-19-17(12-16)7-9-23(4)22(19)20-13-21-18(8-10-24-21)11-15(20)3/h5-14H,1-4H3/q+1. The van der Waals surface area contributed by atoms with Gasteiger partial charge in [-0.3, -0.25) is 0 Å². The summed E-state index contributed by atoms with van der Waals surface area (Å²) in [7, 11) is 2.11. The molecule has 0 N–H and O–H groups in total. The highest BCUT2D eigenvalue weighted by Crippen LogP contribution is 2.32. The zero-order valence-electron chi connectivity index (χ0n) is 14.6. The molecule has 0 saturated heterocycles. The molecule has 2 heterocycles. The summed E-state index contributed by atoms with van der Waals surface area (Å²) >= 11 is 0. The summed E-state index contributed by atoms with van der Waals surface area (Å²) in [4.78, 5) is 0. The van der Waals surface area contributed by atoms with Gasteiger partial charge in [0.1, 0.15) is 12.6 Å². The third-order valence-corrected chi connectivity index (χ3v) is 4.88. The molecule has 4 aromatic rings. The van der Waals surface area contributed by atoms with Crippen molar-refractivity contribution in [2.75, 3.05) is 0 Å². The second kappa shape index (κ2) is 5.48. The number of aromatic nitrogens is 1. The maximum atomic E-state index is 5.63. The summed E-state index contributed by atoms with van der Waals surface area (Å²) in [5, 5.41) is 3.72. The van der Waals surface area contributed by atoms with Gasteiger partial charge in [-0.15, -0.1) is 0 Å². The van der Waals surface area contributed by atoms with Crippen molar-refractivity contribution in [2.45, 2.75) is 26.7 Å². The maximum absolute atomic E-state index is 5.63. The van der Waals surface area contributed by atoms with E-state index in [0.29, 0.717) is 5.92 Å². The van der Waals surface area contributed by atoms with Gasteiger partial charge in [-0.05, 0) is 53.6 Å². The van der Waals surface area contributed by atoms with Crippen LogP contribution in [0.15, 0.2) is 59.3 Å². The van der Waals surface area contributed by atoms with Crippen molar-refractivity contribution in [2.24, 2.45) is 7.05 Å². The molecule has 0 fully saturated rings. The van der Waals surface area contributed by atoms with Crippen LogP contribution in [0.5, 0.6) is 0 Å². The number of hydrogen-bond acceptors (Lipinski definition) is 1. The zero-order chi connectivity index (χ0) is 16.8. The highest BCUT2D eigenvalue weighted by molar-refractivity contribution is 5.96. The van der Waals surface area contributed by atoms with Crippen molar-refractivity contribution in [3.05, 3.63) is 66.1 Å². The molecule has 0 atom stereocenters. The lowest BCUT2D eigenvalue weighted by molar-refractivity contribution is -0.659. The molecule has 0 aliphatic carbocycles. The van der Waals surface area contributed by atoms with Crippen LogP contribution in [0.3, 0.4) is 0 Å². The molecule has 2 heteroatoms. The van der Waals surface area contributed by atoms with Gasteiger partial charge >= 0.3 is 0 Å². The van der Waals surface area contributed by atoms with Crippen LogP contribution in [0.1, 0.15) is 30.9 Å². The molecular weight excluding hydrogens is 294 g/mol. The minimum atomic E-state index is 0.535. The van der Waals surface area contributed by atoms with E-state index in [1.165, 1.54) is 33.2 Å². The number of nitrogens with zero attached hydrogens (tertiary/aromatic N) is 1. The average molecular weight is 316 g/mol. The molecule has 0 aliphatic rings. The summed E-state index contributed by atoms with van der Waals surface area (Å²) in [5.74, 6) is 0.535. The number of fused-ring (bicyclic) bond motifs is 2. The number of benzene rings is 2. The van der Waals surface area contributed by atoms with E-state index in [2.05, 4.69) is 75.0 Å². The third kappa shape index (κ3) is 2.30. The first-order valence-corrected chi connectivity index (χ1v) is 8.45. The van der Waals surface area contributed by atoms with Crippen LogP contribution in [-0.4, -0.2) is 0 Å². The highest BCUT2D eigenvalue weighted by Gasteiger charge is 2.18. The van der Waals surface area contributed by atoms with E-state index in [1.54, 1.807) is 6.26 Å². The molecule has 0 aliphatic heterocycles. The maximum Gasteiger partial charge on any atom is 0.220 e. The molecule has 2 aromatic heterocycles. The van der Waals surface area contributed by atoms with E-state index in [1.807, 2.05) is 6.07 Å². The first-order valence-electron chi connectivity index (χ1n) is 8.45. The Balaban J connectivity index is 2.03. The smallest absolute Gasteiger partial charge is 0.220 e. The zero-order valence-corrected chi connectivity index (χ0v) is 14.6. The first-order chi connectivity index (χ1) is 11.5. The number of rotatable bonds is 2. The molecule has 2 nitrogen and oxygen atoms in total. The van der Waals surface area contributed by atoms with Crippen molar-refractivity contribution in [3.63, 3.8) is 0 Å². The number of pyridine rings is 1. The molecule has 0 saturated carbocycles. The molecule has 2 aromatic carbocycles. The normalized spacial score (nSPS) is 11.7. The predicted molar refractivity (Wildman–Crippen MR) is 99.2 cm³/mol. The molecule has 0 radical (unpaired) electrons. The van der Waals surface area contributed by atoms with Crippen LogP contribution in [0.25, 0.3) is 33.0 Å². The van der Waals surface area contributed by atoms with Crippen LogP contribution >= 0.6 is 0 Å². The second-order valence-corrected chi connectivity index (χ2v) is 6.90. The van der Waals surface area contributed by atoms with Gasteiger partial charge in [-0.2, -0.15) is 0 Å². The highest BCUT2D eigenvalue weighted by atomic mass is 16.3. The SMILES string of the molecule is Cc1cc2ccoc2cc1-c1c2ccc(C(C)C)cc2cc[n+]1C. The Labute approximate surface area is 142 Å². The summed E-state index contributed by atoms with van der Waals surface area (Å²) in [5.41, 5.74) is 6.04. The van der Waals surface area contributed by atoms with Crippen LogP contribution in [-0.2, 0) is 7.05 Å². The van der Waals surface area contributed by atoms with Crippen molar-refractivity contribution in [1.29, 1.82) is 0 Å². The van der Waals surface area contributed by atoms with Gasteiger partial charge in [-0.1, -0.05) is 26.0 Å². The van der Waals surface area contributed by atoms with Gasteiger partial charge in [0.25, 0.3) is 0 Å². The van der Waals surface area contributed by atoms with E-state index < -0.39 is 0 Å². The van der Waals surface area contributed by atoms with E-state index >= 15 is 0 Å². The van der Waals surface area contributed by atoms with Crippen molar-refractivity contribution in [1.82, 2.24) is 0 Å². The van der Waals surface area contributed by atoms with E-state index in [0.717, 1.165) is 11.0 Å². The Kier molecular flexibility index (Phi) is 3.42. The molecule has 0 bridgehead atoms. The van der Waals surface area contributed by atoms with Gasteiger partial charge < -0.3 is 4.42 Å². The first kappa shape index (κ1) is 14.9. The molecule has 0 unspecified atom stereocenters. The fraction of sp³-hybridized carbons (Fsp3) is 0.227. The average Bonchev–Trinajstić information content (AvgIpc) is 3.01. The Bertz CT molecular complexity index is 1060. The van der Waals surface area contributed by atoms with E-state index in [4.69, 9.17) is 4.42 Å². The largest absolute Gasteiger partial charge is 0.464 e. The minimum Gasteiger partial charge on any atom is -0.464 e. The third-order valence-electron chi connectivity index (χ3n) is 4.88. The molecule has 4 rings (SSSR count). The second-order valence-electron chi connectivity index (χ2n) is 6.90. The van der Waals surface area contributed by atoms with Crippen molar-refractivity contribution >= 4 is 21.7 Å². The lowest BCUT2D eigenvalue weighted by Gasteiger charge is -2.10. The Morgan fingerprint density at radius 1 is 0.958 bits per heavy atom. The van der Waals surface area contributed by atoms with Crippen molar-refractivity contribution < 1.29 is 8.98 Å². The molecular formula is C22H22NO+. The van der Waals surface area contributed by atoms with Gasteiger partial charge in [0.2, 0.25) is 5.69 Å². The minimum absolute atomic E-state index is 0.535. The summed E-state index contributed by atoms with van der Waals surface area (Å²) in [6.07, 6.45) is 3.90. The number of hydrogen-bond donors (Lipinski definition) is 0. The Morgan fingerprint density at radius 2 is 1.79 bits per heavy atom. The molecule has 120 valence electrons. The molecule has 0 amide bonds. The predicted octanol–water partition coefficient (Wildman–Crippen LogP) is 5.51. The van der Waals surface area contributed by atoms with Crippen LogP contribution in [0.4, 0.5) is 0 Å². The van der Waals surface area contributed by atoms with Crippen LogP contribution in [0.2, 0.25) is 0 Å². The Morgan fingerprint density at radius 3 is 2.58 bits per heavy atom. The molecule has 0 spiro atoms. The van der Waals surface area contributed by atoms with E-state index in [9.17, 15) is 0 Å². The fourth-order valence-corrected chi connectivity index (χ4v) is 3.46. The lowest BCUT2D eigenvalue weighted by atomic mass is 9.95. The Hall–Kier alpha value is -2.61. The van der Waals surface area contributed by atoms with Gasteiger partial charge in [0.05, 0.1) is 17.2 Å². The van der Waals surface area contributed by atoms with Crippen molar-refractivity contribution in [3.8, 4) is 11.3 Å². The fourth-order valence-electron chi connectivity index (χ4n) is 3.46.